The van der Waals surface area contributed by atoms with Gasteiger partial charge >= 0.3 is 0 Å². The molecule has 0 atom stereocenters. The minimum absolute atomic E-state index is 0.00933. The van der Waals surface area contributed by atoms with Crippen molar-refractivity contribution in [2.24, 2.45) is 7.05 Å². The average Bonchev–Trinajstić information content (AvgIpc) is 2.47. The molecular formula is C11H19N3O. The van der Waals surface area contributed by atoms with Crippen LogP contribution in [0.2, 0.25) is 0 Å². The van der Waals surface area contributed by atoms with Gasteiger partial charge in [-0.05, 0) is 26.3 Å². The SMILES string of the molecule is Cn1cc(CC(=O)CNC(C)(C)C)cn1. The summed E-state index contributed by atoms with van der Waals surface area (Å²) in [7, 11) is 1.85. The third-order valence-corrected chi connectivity index (χ3v) is 1.98. The normalized spacial score (nSPS) is 11.7. The first kappa shape index (κ1) is 11.9. The molecule has 1 rings (SSSR count). The van der Waals surface area contributed by atoms with Gasteiger partial charge in [-0.2, -0.15) is 5.10 Å². The van der Waals surface area contributed by atoms with Crippen molar-refractivity contribution in [1.82, 2.24) is 15.1 Å². The Balaban J connectivity index is 2.37. The zero-order chi connectivity index (χ0) is 11.5. The van der Waals surface area contributed by atoms with Crippen LogP contribution in [0, 0.1) is 0 Å². The highest BCUT2D eigenvalue weighted by Crippen LogP contribution is 2.00. The van der Waals surface area contributed by atoms with Gasteiger partial charge in [0, 0.05) is 25.2 Å². The van der Waals surface area contributed by atoms with Gasteiger partial charge in [0.25, 0.3) is 0 Å². The molecule has 0 fully saturated rings. The van der Waals surface area contributed by atoms with Crippen LogP contribution in [0.25, 0.3) is 0 Å². The Morgan fingerprint density at radius 1 is 1.53 bits per heavy atom. The van der Waals surface area contributed by atoms with Crippen molar-refractivity contribution in [2.45, 2.75) is 32.7 Å². The highest BCUT2D eigenvalue weighted by atomic mass is 16.1. The van der Waals surface area contributed by atoms with Gasteiger partial charge in [-0.15, -0.1) is 0 Å². The van der Waals surface area contributed by atoms with E-state index in [0.717, 1.165) is 5.56 Å². The van der Waals surface area contributed by atoms with Gasteiger partial charge in [-0.1, -0.05) is 0 Å². The highest BCUT2D eigenvalue weighted by Gasteiger charge is 2.11. The predicted octanol–water partition coefficient (Wildman–Crippen LogP) is 0.920. The molecule has 15 heavy (non-hydrogen) atoms. The van der Waals surface area contributed by atoms with E-state index in [1.165, 1.54) is 0 Å². The van der Waals surface area contributed by atoms with E-state index < -0.39 is 0 Å². The van der Waals surface area contributed by atoms with E-state index in [-0.39, 0.29) is 11.3 Å². The maximum atomic E-state index is 11.6. The van der Waals surface area contributed by atoms with Crippen LogP contribution in [-0.2, 0) is 18.3 Å². The maximum Gasteiger partial charge on any atom is 0.151 e. The molecule has 0 spiro atoms. The van der Waals surface area contributed by atoms with Gasteiger partial charge in [0.2, 0.25) is 0 Å². The minimum atomic E-state index is -0.00933. The van der Waals surface area contributed by atoms with E-state index in [0.29, 0.717) is 13.0 Å². The third-order valence-electron chi connectivity index (χ3n) is 1.98. The van der Waals surface area contributed by atoms with Crippen molar-refractivity contribution in [2.75, 3.05) is 6.54 Å². The first-order chi connectivity index (χ1) is 6.87. The van der Waals surface area contributed by atoms with E-state index in [1.807, 2.05) is 34.0 Å². The van der Waals surface area contributed by atoms with Crippen LogP contribution in [0.4, 0.5) is 0 Å². The Kier molecular flexibility index (Phi) is 3.63. The topological polar surface area (TPSA) is 46.9 Å². The second-order valence-corrected chi connectivity index (χ2v) is 4.84. The maximum absolute atomic E-state index is 11.6. The summed E-state index contributed by atoms with van der Waals surface area (Å²) in [5.41, 5.74) is 0.961. The molecule has 0 aliphatic rings. The second kappa shape index (κ2) is 4.57. The Bertz CT molecular complexity index is 336. The third kappa shape index (κ3) is 4.74. The number of rotatable bonds is 4. The summed E-state index contributed by atoms with van der Waals surface area (Å²) in [5.74, 6) is 0.193. The number of carbonyl (C=O) groups is 1. The van der Waals surface area contributed by atoms with Crippen molar-refractivity contribution in [3.8, 4) is 0 Å². The summed E-state index contributed by atoms with van der Waals surface area (Å²) >= 11 is 0. The smallest absolute Gasteiger partial charge is 0.151 e. The lowest BCUT2D eigenvalue weighted by Crippen LogP contribution is -2.39. The molecular weight excluding hydrogens is 190 g/mol. The molecule has 0 aliphatic carbocycles. The van der Waals surface area contributed by atoms with Crippen molar-refractivity contribution < 1.29 is 4.79 Å². The van der Waals surface area contributed by atoms with Crippen molar-refractivity contribution in [3.63, 3.8) is 0 Å². The molecule has 0 radical (unpaired) electrons. The summed E-state index contributed by atoms with van der Waals surface area (Å²) in [6.45, 7) is 6.55. The van der Waals surface area contributed by atoms with Crippen LogP contribution in [0.3, 0.4) is 0 Å². The van der Waals surface area contributed by atoms with Crippen LogP contribution in [-0.4, -0.2) is 27.6 Å². The Labute approximate surface area is 90.7 Å². The zero-order valence-electron chi connectivity index (χ0n) is 9.87. The first-order valence-electron chi connectivity index (χ1n) is 5.11. The summed E-state index contributed by atoms with van der Waals surface area (Å²) in [4.78, 5) is 11.6. The number of ketones is 1. The average molecular weight is 209 g/mol. The highest BCUT2D eigenvalue weighted by molar-refractivity contribution is 5.82. The number of hydrogen-bond donors (Lipinski definition) is 1. The van der Waals surface area contributed by atoms with Gasteiger partial charge in [0.05, 0.1) is 12.7 Å². The van der Waals surface area contributed by atoms with Crippen LogP contribution in [0.15, 0.2) is 12.4 Å². The second-order valence-electron chi connectivity index (χ2n) is 4.84. The fraction of sp³-hybridized carbons (Fsp3) is 0.636. The number of nitrogens with one attached hydrogen (secondary N) is 1. The minimum Gasteiger partial charge on any atom is -0.305 e. The van der Waals surface area contributed by atoms with Crippen LogP contribution in [0.5, 0.6) is 0 Å². The van der Waals surface area contributed by atoms with Gasteiger partial charge in [-0.25, -0.2) is 0 Å². The van der Waals surface area contributed by atoms with E-state index in [1.54, 1.807) is 10.9 Å². The van der Waals surface area contributed by atoms with Crippen LogP contribution < -0.4 is 5.32 Å². The fourth-order valence-electron chi connectivity index (χ4n) is 1.22. The lowest BCUT2D eigenvalue weighted by atomic mass is 10.1. The van der Waals surface area contributed by atoms with Crippen LogP contribution >= 0.6 is 0 Å². The van der Waals surface area contributed by atoms with Gasteiger partial charge in [-0.3, -0.25) is 9.48 Å². The molecule has 0 aromatic carbocycles. The van der Waals surface area contributed by atoms with Crippen molar-refractivity contribution >= 4 is 5.78 Å². The van der Waals surface area contributed by atoms with Crippen molar-refractivity contribution in [3.05, 3.63) is 18.0 Å². The Hall–Kier alpha value is -1.16. The molecule has 0 amide bonds. The number of Topliss-reactive ketones (excluding diaryl/α,β-unsaturated/α-hetero) is 1. The lowest BCUT2D eigenvalue weighted by Gasteiger charge is -2.19. The van der Waals surface area contributed by atoms with E-state index in [4.69, 9.17) is 0 Å². The zero-order valence-corrected chi connectivity index (χ0v) is 9.87. The summed E-state index contributed by atoms with van der Waals surface area (Å²) in [5, 5.41) is 7.19. The van der Waals surface area contributed by atoms with Gasteiger partial charge in [0.15, 0.2) is 5.78 Å². The predicted molar refractivity (Wildman–Crippen MR) is 59.7 cm³/mol. The molecule has 1 aromatic rings. The largest absolute Gasteiger partial charge is 0.305 e. The molecule has 0 aliphatic heterocycles. The lowest BCUT2D eigenvalue weighted by molar-refractivity contribution is -0.117. The first-order valence-corrected chi connectivity index (χ1v) is 5.11. The van der Waals surface area contributed by atoms with Crippen LogP contribution in [0.1, 0.15) is 26.3 Å². The van der Waals surface area contributed by atoms with Crippen molar-refractivity contribution in [1.29, 1.82) is 0 Å². The summed E-state index contributed by atoms with van der Waals surface area (Å²) in [6, 6.07) is 0. The number of carbonyl (C=O) groups excluding carboxylic acids is 1. The fourth-order valence-corrected chi connectivity index (χ4v) is 1.22. The molecule has 1 aromatic heterocycles. The van der Waals surface area contributed by atoms with E-state index in [2.05, 4.69) is 10.4 Å². The molecule has 0 bridgehead atoms. The summed E-state index contributed by atoms with van der Waals surface area (Å²) < 4.78 is 1.71. The molecule has 0 saturated carbocycles. The summed E-state index contributed by atoms with van der Waals surface area (Å²) in [6.07, 6.45) is 4.06. The molecule has 1 N–H and O–H groups in total. The number of hydrogen-bond acceptors (Lipinski definition) is 3. The quantitative estimate of drug-likeness (QED) is 0.802. The Morgan fingerprint density at radius 3 is 2.67 bits per heavy atom. The molecule has 0 unspecified atom stereocenters. The molecule has 4 nitrogen and oxygen atoms in total. The number of nitrogens with zero attached hydrogens (tertiary/aromatic N) is 2. The molecule has 1 heterocycles. The van der Waals surface area contributed by atoms with E-state index >= 15 is 0 Å². The monoisotopic (exact) mass is 209 g/mol. The van der Waals surface area contributed by atoms with Gasteiger partial charge in [0.1, 0.15) is 0 Å². The molecule has 0 saturated heterocycles. The molecule has 4 heteroatoms. The van der Waals surface area contributed by atoms with E-state index in [9.17, 15) is 4.79 Å². The standard InChI is InChI=1S/C11H19N3O/c1-11(2,3)12-7-10(15)5-9-6-13-14(4)8-9/h6,8,12H,5,7H2,1-4H3. The molecule has 84 valence electrons. The van der Waals surface area contributed by atoms with Gasteiger partial charge < -0.3 is 5.32 Å². The Morgan fingerprint density at radius 2 is 2.20 bits per heavy atom. The number of aromatic nitrogens is 2. The number of aryl methyl sites for hydroxylation is 1.